The van der Waals surface area contributed by atoms with Gasteiger partial charge in [-0.2, -0.15) is 28.8 Å². The Morgan fingerprint density at radius 1 is 1.11 bits per heavy atom. The number of nitrogens with zero attached hydrogens (tertiary/aromatic N) is 2. The number of hydrogen-bond donors (Lipinski definition) is 1. The molecule has 2 heterocycles. The third-order valence-corrected chi connectivity index (χ3v) is 6.62. The van der Waals surface area contributed by atoms with Crippen molar-refractivity contribution in [2.45, 2.75) is 19.3 Å². The molecular formula is C11H20N2O4S2. The minimum Gasteiger partial charge on any atom is -0.481 e. The predicted molar refractivity (Wildman–Crippen MR) is 74.4 cm³/mol. The number of carboxylic acid groups (broad SMARTS) is 1. The highest BCUT2D eigenvalue weighted by molar-refractivity contribution is 7.99. The molecule has 0 bridgehead atoms. The van der Waals surface area contributed by atoms with Crippen LogP contribution in [0, 0.1) is 5.92 Å². The number of thioether (sulfide) groups is 1. The number of rotatable bonds is 3. The van der Waals surface area contributed by atoms with E-state index in [1.165, 1.54) is 8.61 Å². The van der Waals surface area contributed by atoms with E-state index in [1.54, 1.807) is 11.8 Å². The Balaban J connectivity index is 2.07. The van der Waals surface area contributed by atoms with Crippen molar-refractivity contribution < 1.29 is 18.3 Å². The van der Waals surface area contributed by atoms with Crippen LogP contribution in [0.2, 0.25) is 0 Å². The summed E-state index contributed by atoms with van der Waals surface area (Å²) in [6.45, 7) is 1.63. The van der Waals surface area contributed by atoms with E-state index in [1.807, 2.05) is 0 Å². The van der Waals surface area contributed by atoms with E-state index in [9.17, 15) is 13.2 Å². The zero-order valence-corrected chi connectivity index (χ0v) is 12.5. The SMILES string of the molecule is O=C(O)C1CCCN(S(=O)(=O)N2CCCSCC2)C1. The Morgan fingerprint density at radius 2 is 1.84 bits per heavy atom. The van der Waals surface area contributed by atoms with E-state index in [0.29, 0.717) is 32.5 Å². The fourth-order valence-corrected chi connectivity index (χ4v) is 5.21. The predicted octanol–water partition coefficient (Wildman–Crippen LogP) is 0.467. The van der Waals surface area contributed by atoms with Crippen LogP contribution in [0.5, 0.6) is 0 Å². The molecule has 0 aromatic heterocycles. The Bertz CT molecular complexity index is 418. The quantitative estimate of drug-likeness (QED) is 0.820. The van der Waals surface area contributed by atoms with Gasteiger partial charge in [0, 0.05) is 31.9 Å². The molecule has 0 spiro atoms. The molecule has 0 aliphatic carbocycles. The highest BCUT2D eigenvalue weighted by atomic mass is 32.2. The lowest BCUT2D eigenvalue weighted by Gasteiger charge is -2.33. The standard InChI is InChI=1S/C11H20N2O4S2/c14-11(15)10-3-1-4-13(9-10)19(16,17)12-5-2-7-18-8-6-12/h10H,1-9H2,(H,14,15). The van der Waals surface area contributed by atoms with Crippen molar-refractivity contribution in [2.75, 3.05) is 37.7 Å². The number of carboxylic acids is 1. The van der Waals surface area contributed by atoms with Gasteiger partial charge in [-0.3, -0.25) is 4.79 Å². The maximum absolute atomic E-state index is 12.5. The molecule has 2 aliphatic rings. The summed E-state index contributed by atoms with van der Waals surface area (Å²) >= 11 is 1.77. The van der Waals surface area contributed by atoms with E-state index in [2.05, 4.69) is 0 Å². The average molecular weight is 308 g/mol. The van der Waals surface area contributed by atoms with E-state index in [0.717, 1.165) is 17.9 Å². The Labute approximate surface area is 118 Å². The zero-order valence-electron chi connectivity index (χ0n) is 10.8. The first-order valence-corrected chi connectivity index (χ1v) is 9.13. The second-order valence-electron chi connectivity index (χ2n) is 4.91. The van der Waals surface area contributed by atoms with Gasteiger partial charge in [-0.1, -0.05) is 0 Å². The first-order valence-electron chi connectivity index (χ1n) is 6.57. The van der Waals surface area contributed by atoms with Gasteiger partial charge in [0.1, 0.15) is 0 Å². The van der Waals surface area contributed by atoms with Crippen LogP contribution in [0.4, 0.5) is 0 Å². The van der Waals surface area contributed by atoms with Crippen molar-refractivity contribution in [3.05, 3.63) is 0 Å². The van der Waals surface area contributed by atoms with Gasteiger partial charge < -0.3 is 5.11 Å². The van der Waals surface area contributed by atoms with E-state index < -0.39 is 22.1 Å². The summed E-state index contributed by atoms with van der Waals surface area (Å²) in [6, 6.07) is 0. The minimum atomic E-state index is -3.48. The largest absolute Gasteiger partial charge is 0.481 e. The molecule has 19 heavy (non-hydrogen) atoms. The monoisotopic (exact) mass is 308 g/mol. The van der Waals surface area contributed by atoms with Crippen LogP contribution in [0.1, 0.15) is 19.3 Å². The third-order valence-electron chi connectivity index (χ3n) is 3.57. The molecular weight excluding hydrogens is 288 g/mol. The van der Waals surface area contributed by atoms with Crippen LogP contribution in [0.15, 0.2) is 0 Å². The summed E-state index contributed by atoms with van der Waals surface area (Å²) in [5, 5.41) is 9.04. The molecule has 0 radical (unpaired) electrons. The second-order valence-corrected chi connectivity index (χ2v) is 8.06. The van der Waals surface area contributed by atoms with Crippen LogP contribution in [0.3, 0.4) is 0 Å². The smallest absolute Gasteiger partial charge is 0.307 e. The lowest BCUT2D eigenvalue weighted by molar-refractivity contribution is -0.142. The fourth-order valence-electron chi connectivity index (χ4n) is 2.47. The van der Waals surface area contributed by atoms with Crippen molar-refractivity contribution in [3.63, 3.8) is 0 Å². The minimum absolute atomic E-state index is 0.112. The number of hydrogen-bond acceptors (Lipinski definition) is 4. The van der Waals surface area contributed by atoms with Gasteiger partial charge in [0.15, 0.2) is 0 Å². The van der Waals surface area contributed by atoms with E-state index in [-0.39, 0.29) is 6.54 Å². The normalized spacial score (nSPS) is 27.9. The maximum Gasteiger partial charge on any atom is 0.307 e. The van der Waals surface area contributed by atoms with Crippen LogP contribution >= 0.6 is 11.8 Å². The fraction of sp³-hybridized carbons (Fsp3) is 0.909. The number of carbonyl (C=O) groups is 1. The summed E-state index contributed by atoms with van der Waals surface area (Å²) < 4.78 is 27.9. The van der Waals surface area contributed by atoms with Crippen LogP contribution in [0.25, 0.3) is 0 Å². The molecule has 2 aliphatic heterocycles. The molecule has 6 nitrogen and oxygen atoms in total. The van der Waals surface area contributed by atoms with Gasteiger partial charge in [0.2, 0.25) is 0 Å². The molecule has 2 saturated heterocycles. The van der Waals surface area contributed by atoms with E-state index in [4.69, 9.17) is 5.11 Å². The van der Waals surface area contributed by atoms with Gasteiger partial charge in [0.25, 0.3) is 10.2 Å². The molecule has 0 amide bonds. The summed E-state index contributed by atoms with van der Waals surface area (Å²) in [7, 11) is -3.48. The summed E-state index contributed by atoms with van der Waals surface area (Å²) in [6.07, 6.45) is 2.05. The lowest BCUT2D eigenvalue weighted by atomic mass is 10.0. The highest BCUT2D eigenvalue weighted by Crippen LogP contribution is 2.23. The zero-order chi connectivity index (χ0) is 13.9. The molecule has 8 heteroatoms. The highest BCUT2D eigenvalue weighted by Gasteiger charge is 2.35. The molecule has 2 fully saturated rings. The molecule has 2 rings (SSSR count). The van der Waals surface area contributed by atoms with Crippen LogP contribution in [-0.4, -0.2) is 65.8 Å². The van der Waals surface area contributed by atoms with Crippen molar-refractivity contribution in [2.24, 2.45) is 5.92 Å². The number of aliphatic carboxylic acids is 1. The summed E-state index contributed by atoms with van der Waals surface area (Å²) in [4.78, 5) is 11.0. The average Bonchev–Trinajstić information content (AvgIpc) is 2.68. The van der Waals surface area contributed by atoms with Crippen molar-refractivity contribution >= 4 is 27.9 Å². The van der Waals surface area contributed by atoms with E-state index >= 15 is 0 Å². The molecule has 1 unspecified atom stereocenters. The summed E-state index contributed by atoms with van der Waals surface area (Å²) in [5.74, 6) is 0.343. The van der Waals surface area contributed by atoms with Crippen molar-refractivity contribution in [3.8, 4) is 0 Å². The molecule has 0 aromatic rings. The van der Waals surface area contributed by atoms with Crippen LogP contribution in [-0.2, 0) is 15.0 Å². The molecule has 110 valence electrons. The second kappa shape index (κ2) is 6.43. The first kappa shape index (κ1) is 15.1. The van der Waals surface area contributed by atoms with Crippen molar-refractivity contribution in [1.29, 1.82) is 0 Å². The van der Waals surface area contributed by atoms with Gasteiger partial charge in [-0.05, 0) is 25.0 Å². The molecule has 0 saturated carbocycles. The van der Waals surface area contributed by atoms with Crippen LogP contribution < -0.4 is 0 Å². The Morgan fingerprint density at radius 3 is 2.58 bits per heavy atom. The Kier molecular flexibility index (Phi) is 5.10. The third kappa shape index (κ3) is 3.62. The van der Waals surface area contributed by atoms with Gasteiger partial charge in [-0.15, -0.1) is 0 Å². The van der Waals surface area contributed by atoms with Gasteiger partial charge in [0.05, 0.1) is 5.92 Å². The van der Waals surface area contributed by atoms with Gasteiger partial charge in [-0.25, -0.2) is 0 Å². The Hall–Kier alpha value is -0.310. The maximum atomic E-state index is 12.5. The lowest BCUT2D eigenvalue weighted by Crippen LogP contribution is -2.49. The van der Waals surface area contributed by atoms with Crippen molar-refractivity contribution in [1.82, 2.24) is 8.61 Å². The summed E-state index contributed by atoms with van der Waals surface area (Å²) in [5.41, 5.74) is 0. The molecule has 0 aromatic carbocycles. The topological polar surface area (TPSA) is 77.9 Å². The molecule has 1 N–H and O–H groups in total. The first-order chi connectivity index (χ1) is 9.01. The number of piperidine rings is 1. The van der Waals surface area contributed by atoms with Gasteiger partial charge >= 0.3 is 5.97 Å². The molecule has 1 atom stereocenters.